The average molecular weight is 444 g/mol. The standard InChI is InChI=1S/C23H29N3O2S2/c1-4-5-6-10-16-26-22(18-29-23(26)24-20-13-8-7-9-14-20)19-12-11-15-21(17-19)30(27,28)25(2)3/h7-9,11-15,17-18H,4-6,10,16H2,1-3H3. The summed E-state index contributed by atoms with van der Waals surface area (Å²) in [5.41, 5.74) is 2.80. The van der Waals surface area contributed by atoms with Crippen molar-refractivity contribution in [2.24, 2.45) is 4.99 Å². The molecule has 3 rings (SSSR count). The molecule has 0 aliphatic rings. The molecular weight excluding hydrogens is 414 g/mol. The summed E-state index contributed by atoms with van der Waals surface area (Å²) < 4.78 is 28.6. The van der Waals surface area contributed by atoms with Gasteiger partial charge >= 0.3 is 0 Å². The lowest BCUT2D eigenvalue weighted by Gasteiger charge is -2.13. The molecule has 5 nitrogen and oxygen atoms in total. The topological polar surface area (TPSA) is 54.7 Å². The van der Waals surface area contributed by atoms with Gasteiger partial charge in [-0.15, -0.1) is 11.3 Å². The first-order chi connectivity index (χ1) is 14.4. The number of para-hydroxylation sites is 1. The van der Waals surface area contributed by atoms with E-state index in [1.807, 2.05) is 36.4 Å². The molecule has 0 unspecified atom stereocenters. The van der Waals surface area contributed by atoms with Gasteiger partial charge in [-0.05, 0) is 30.7 Å². The minimum Gasteiger partial charge on any atom is -0.316 e. The molecule has 0 aliphatic heterocycles. The maximum absolute atomic E-state index is 12.6. The van der Waals surface area contributed by atoms with Crippen molar-refractivity contribution in [3.63, 3.8) is 0 Å². The van der Waals surface area contributed by atoms with Crippen molar-refractivity contribution in [3.8, 4) is 11.3 Å². The zero-order valence-corrected chi connectivity index (χ0v) is 19.4. The quantitative estimate of drug-likeness (QED) is 0.423. The predicted molar refractivity (Wildman–Crippen MR) is 124 cm³/mol. The lowest BCUT2D eigenvalue weighted by atomic mass is 10.1. The number of benzene rings is 2. The van der Waals surface area contributed by atoms with Crippen molar-refractivity contribution in [1.29, 1.82) is 0 Å². The van der Waals surface area contributed by atoms with Gasteiger partial charge in [-0.3, -0.25) is 0 Å². The van der Waals surface area contributed by atoms with E-state index in [4.69, 9.17) is 4.99 Å². The summed E-state index contributed by atoms with van der Waals surface area (Å²) in [6.07, 6.45) is 4.63. The second kappa shape index (κ2) is 10.2. The number of rotatable bonds is 9. The Kier molecular flexibility index (Phi) is 7.64. The molecule has 0 bridgehead atoms. The summed E-state index contributed by atoms with van der Waals surface area (Å²) in [5.74, 6) is 0. The van der Waals surface area contributed by atoms with Crippen molar-refractivity contribution in [2.75, 3.05) is 14.1 Å². The van der Waals surface area contributed by atoms with Crippen LogP contribution in [0.3, 0.4) is 0 Å². The van der Waals surface area contributed by atoms with Gasteiger partial charge in [0.05, 0.1) is 16.3 Å². The fraction of sp³-hybridized carbons (Fsp3) is 0.348. The molecular formula is C23H29N3O2S2. The third-order valence-electron chi connectivity index (χ3n) is 4.92. The third kappa shape index (κ3) is 5.28. The lowest BCUT2D eigenvalue weighted by Crippen LogP contribution is -2.22. The van der Waals surface area contributed by atoms with E-state index in [0.717, 1.165) is 34.7 Å². The molecule has 0 saturated carbocycles. The minimum atomic E-state index is -3.48. The van der Waals surface area contributed by atoms with E-state index < -0.39 is 10.0 Å². The molecule has 0 saturated heterocycles. The first-order valence-electron chi connectivity index (χ1n) is 10.2. The van der Waals surface area contributed by atoms with Crippen LogP contribution in [0.25, 0.3) is 11.3 Å². The van der Waals surface area contributed by atoms with Crippen LogP contribution in [-0.4, -0.2) is 31.4 Å². The monoisotopic (exact) mass is 443 g/mol. The average Bonchev–Trinajstić information content (AvgIpc) is 3.14. The van der Waals surface area contributed by atoms with Crippen LogP contribution in [-0.2, 0) is 16.6 Å². The summed E-state index contributed by atoms with van der Waals surface area (Å²) in [6.45, 7) is 3.06. The van der Waals surface area contributed by atoms with Crippen molar-refractivity contribution in [1.82, 2.24) is 8.87 Å². The number of hydrogen-bond donors (Lipinski definition) is 0. The van der Waals surface area contributed by atoms with Crippen LogP contribution in [0.2, 0.25) is 0 Å². The number of unbranched alkanes of at least 4 members (excludes halogenated alkanes) is 3. The van der Waals surface area contributed by atoms with Crippen molar-refractivity contribution >= 4 is 27.0 Å². The first kappa shape index (κ1) is 22.5. The Morgan fingerprint density at radius 3 is 2.47 bits per heavy atom. The zero-order valence-electron chi connectivity index (χ0n) is 17.8. The minimum absolute atomic E-state index is 0.301. The summed E-state index contributed by atoms with van der Waals surface area (Å²) >= 11 is 1.59. The maximum atomic E-state index is 12.6. The van der Waals surface area contributed by atoms with Gasteiger partial charge in [-0.25, -0.2) is 17.7 Å². The molecule has 1 heterocycles. The highest BCUT2D eigenvalue weighted by Crippen LogP contribution is 2.25. The molecule has 0 radical (unpaired) electrons. The Balaban J connectivity index is 2.06. The van der Waals surface area contributed by atoms with Crippen LogP contribution in [0.1, 0.15) is 32.6 Å². The number of sulfonamides is 1. The zero-order chi connectivity index (χ0) is 21.6. The lowest BCUT2D eigenvalue weighted by molar-refractivity contribution is 0.521. The Bertz CT molecular complexity index is 1130. The van der Waals surface area contributed by atoms with Crippen molar-refractivity contribution in [3.05, 3.63) is 64.8 Å². The van der Waals surface area contributed by atoms with Gasteiger partial charge in [0.1, 0.15) is 0 Å². The Labute approximate surface area is 183 Å². The molecule has 7 heteroatoms. The van der Waals surface area contributed by atoms with Gasteiger partial charge in [0.15, 0.2) is 4.80 Å². The highest BCUT2D eigenvalue weighted by Gasteiger charge is 2.18. The summed E-state index contributed by atoms with van der Waals surface area (Å²) in [4.78, 5) is 6.07. The summed E-state index contributed by atoms with van der Waals surface area (Å²) in [5, 5.41) is 2.07. The van der Waals surface area contributed by atoms with Crippen LogP contribution in [0, 0.1) is 0 Å². The van der Waals surface area contributed by atoms with Crippen molar-refractivity contribution in [2.45, 2.75) is 44.0 Å². The molecule has 2 aromatic carbocycles. The largest absolute Gasteiger partial charge is 0.316 e. The highest BCUT2D eigenvalue weighted by molar-refractivity contribution is 7.89. The molecule has 0 aliphatic carbocycles. The fourth-order valence-electron chi connectivity index (χ4n) is 3.20. The number of aromatic nitrogens is 1. The second-order valence-corrected chi connectivity index (χ2v) is 10.4. The molecule has 30 heavy (non-hydrogen) atoms. The van der Waals surface area contributed by atoms with E-state index in [-0.39, 0.29) is 0 Å². The summed E-state index contributed by atoms with van der Waals surface area (Å²) in [7, 11) is -0.376. The van der Waals surface area contributed by atoms with Gasteiger partial charge < -0.3 is 4.57 Å². The predicted octanol–water partition coefficient (Wildman–Crippen LogP) is 5.28. The molecule has 0 atom stereocenters. The SMILES string of the molecule is CCCCCCn1c(-c2cccc(S(=O)(=O)N(C)C)c2)csc1=Nc1ccccc1. The normalized spacial score (nSPS) is 12.6. The number of thiazole rings is 1. The fourth-order valence-corrected chi connectivity index (χ4v) is 5.11. The van der Waals surface area contributed by atoms with E-state index in [1.165, 1.54) is 23.6 Å². The number of nitrogens with zero attached hydrogens (tertiary/aromatic N) is 3. The molecule has 0 amide bonds. The third-order valence-corrected chi connectivity index (χ3v) is 7.60. The van der Waals surface area contributed by atoms with Gasteiger partial charge in [0, 0.05) is 31.6 Å². The van der Waals surface area contributed by atoms with Crippen LogP contribution < -0.4 is 4.80 Å². The van der Waals surface area contributed by atoms with Crippen LogP contribution >= 0.6 is 11.3 Å². The Morgan fingerprint density at radius 2 is 1.77 bits per heavy atom. The molecule has 160 valence electrons. The molecule has 0 spiro atoms. The highest BCUT2D eigenvalue weighted by atomic mass is 32.2. The van der Waals surface area contributed by atoms with Crippen molar-refractivity contribution < 1.29 is 8.42 Å². The van der Waals surface area contributed by atoms with E-state index in [1.54, 1.807) is 43.6 Å². The maximum Gasteiger partial charge on any atom is 0.242 e. The smallest absolute Gasteiger partial charge is 0.242 e. The van der Waals surface area contributed by atoms with Gasteiger partial charge in [-0.2, -0.15) is 0 Å². The van der Waals surface area contributed by atoms with E-state index >= 15 is 0 Å². The van der Waals surface area contributed by atoms with E-state index in [2.05, 4.69) is 16.9 Å². The van der Waals surface area contributed by atoms with Gasteiger partial charge in [0.2, 0.25) is 10.0 Å². The molecule has 0 fully saturated rings. The van der Waals surface area contributed by atoms with Crippen LogP contribution in [0.4, 0.5) is 5.69 Å². The van der Waals surface area contributed by atoms with Gasteiger partial charge in [-0.1, -0.05) is 56.5 Å². The molecule has 1 aromatic heterocycles. The first-order valence-corrected chi connectivity index (χ1v) is 12.6. The Hall–Kier alpha value is -2.22. The number of hydrogen-bond acceptors (Lipinski definition) is 4. The van der Waals surface area contributed by atoms with Crippen LogP contribution in [0.15, 0.2) is 69.9 Å². The Morgan fingerprint density at radius 1 is 1.00 bits per heavy atom. The van der Waals surface area contributed by atoms with Crippen LogP contribution in [0.5, 0.6) is 0 Å². The summed E-state index contributed by atoms with van der Waals surface area (Å²) in [6, 6.07) is 17.1. The van der Waals surface area contributed by atoms with E-state index in [9.17, 15) is 8.42 Å². The molecule has 3 aromatic rings. The van der Waals surface area contributed by atoms with Gasteiger partial charge in [0.25, 0.3) is 0 Å². The second-order valence-electron chi connectivity index (χ2n) is 7.38. The molecule has 0 N–H and O–H groups in total. The van der Waals surface area contributed by atoms with E-state index in [0.29, 0.717) is 4.90 Å².